The molecule has 0 heterocycles. The van der Waals surface area contributed by atoms with E-state index in [0.717, 1.165) is 10.0 Å². The molecule has 0 bridgehead atoms. The number of allylic oxidation sites excluding steroid dienone is 1. The lowest BCUT2D eigenvalue weighted by atomic mass is 10.1. The SMILES string of the molecule is O=C1C=C(Br)c2cc(Cl)ccc21. The van der Waals surface area contributed by atoms with Crippen LogP contribution in [0.25, 0.3) is 4.48 Å². The van der Waals surface area contributed by atoms with Gasteiger partial charge in [-0.05, 0) is 18.2 Å². The van der Waals surface area contributed by atoms with E-state index in [0.29, 0.717) is 10.6 Å². The summed E-state index contributed by atoms with van der Waals surface area (Å²) in [7, 11) is 0. The molecule has 0 saturated heterocycles. The summed E-state index contributed by atoms with van der Waals surface area (Å²) in [5.74, 6) is 0.0357. The highest BCUT2D eigenvalue weighted by Crippen LogP contribution is 2.33. The average molecular weight is 243 g/mol. The maximum atomic E-state index is 11.2. The topological polar surface area (TPSA) is 17.1 Å². The first-order valence-electron chi connectivity index (χ1n) is 3.40. The van der Waals surface area contributed by atoms with Gasteiger partial charge >= 0.3 is 0 Å². The number of fused-ring (bicyclic) bond motifs is 1. The fourth-order valence-electron chi connectivity index (χ4n) is 1.20. The lowest BCUT2D eigenvalue weighted by Crippen LogP contribution is -1.90. The predicted octanol–water partition coefficient (Wildman–Crippen LogP) is 3.27. The summed E-state index contributed by atoms with van der Waals surface area (Å²) in [5.41, 5.74) is 1.60. The molecule has 3 heteroatoms. The molecule has 0 radical (unpaired) electrons. The quantitative estimate of drug-likeness (QED) is 0.683. The van der Waals surface area contributed by atoms with Crippen LogP contribution in [0.5, 0.6) is 0 Å². The second-order valence-corrected chi connectivity index (χ2v) is 3.84. The summed E-state index contributed by atoms with van der Waals surface area (Å²) in [5, 5.41) is 0.647. The van der Waals surface area contributed by atoms with E-state index in [-0.39, 0.29) is 5.78 Å². The van der Waals surface area contributed by atoms with Crippen LogP contribution in [0.4, 0.5) is 0 Å². The molecule has 1 aromatic rings. The molecule has 1 nitrogen and oxygen atoms in total. The fourth-order valence-corrected chi connectivity index (χ4v) is 1.91. The van der Waals surface area contributed by atoms with Crippen LogP contribution in [0, 0.1) is 0 Å². The number of benzene rings is 1. The van der Waals surface area contributed by atoms with Crippen LogP contribution in [0.2, 0.25) is 5.02 Å². The summed E-state index contributed by atoms with van der Waals surface area (Å²) in [6, 6.07) is 5.24. The molecule has 0 amide bonds. The van der Waals surface area contributed by atoms with Crippen LogP contribution in [-0.4, -0.2) is 5.78 Å². The standard InChI is InChI=1S/C9H4BrClO/c10-8-4-9(12)6-2-1-5(11)3-7(6)8/h1-4H. The van der Waals surface area contributed by atoms with Crippen LogP contribution in [0.1, 0.15) is 15.9 Å². The molecular weight excluding hydrogens is 239 g/mol. The van der Waals surface area contributed by atoms with E-state index in [4.69, 9.17) is 11.6 Å². The van der Waals surface area contributed by atoms with E-state index < -0.39 is 0 Å². The zero-order chi connectivity index (χ0) is 8.72. The molecule has 1 aliphatic rings. The monoisotopic (exact) mass is 242 g/mol. The van der Waals surface area contributed by atoms with Crippen LogP contribution < -0.4 is 0 Å². The molecular formula is C9H4BrClO. The number of rotatable bonds is 0. The molecule has 0 N–H and O–H groups in total. The normalized spacial score (nSPS) is 14.5. The van der Waals surface area contributed by atoms with Gasteiger partial charge in [-0.1, -0.05) is 27.5 Å². The van der Waals surface area contributed by atoms with Crippen LogP contribution >= 0.6 is 27.5 Å². The fraction of sp³-hybridized carbons (Fsp3) is 0. The van der Waals surface area contributed by atoms with Crippen molar-refractivity contribution in [1.82, 2.24) is 0 Å². The number of carbonyl (C=O) groups excluding carboxylic acids is 1. The second kappa shape index (κ2) is 2.71. The van der Waals surface area contributed by atoms with Crippen molar-refractivity contribution in [1.29, 1.82) is 0 Å². The molecule has 0 saturated carbocycles. The van der Waals surface area contributed by atoms with Crippen molar-refractivity contribution in [2.24, 2.45) is 0 Å². The summed E-state index contributed by atoms with van der Waals surface area (Å²) in [6.07, 6.45) is 1.56. The van der Waals surface area contributed by atoms with Crippen molar-refractivity contribution in [3.63, 3.8) is 0 Å². The van der Waals surface area contributed by atoms with Gasteiger partial charge in [0.25, 0.3) is 0 Å². The van der Waals surface area contributed by atoms with E-state index in [2.05, 4.69) is 15.9 Å². The van der Waals surface area contributed by atoms with Crippen molar-refractivity contribution >= 4 is 37.8 Å². The molecule has 2 rings (SSSR count). The van der Waals surface area contributed by atoms with Crippen molar-refractivity contribution in [3.05, 3.63) is 40.4 Å². The largest absolute Gasteiger partial charge is 0.289 e. The van der Waals surface area contributed by atoms with Gasteiger partial charge in [0.1, 0.15) is 0 Å². The molecule has 0 unspecified atom stereocenters. The van der Waals surface area contributed by atoms with Gasteiger partial charge in [-0.15, -0.1) is 0 Å². The zero-order valence-electron chi connectivity index (χ0n) is 5.97. The summed E-state index contributed by atoms with van der Waals surface area (Å²) >= 11 is 9.07. The van der Waals surface area contributed by atoms with Gasteiger partial charge in [-0.3, -0.25) is 4.79 Å². The summed E-state index contributed by atoms with van der Waals surface area (Å²) < 4.78 is 0.810. The highest BCUT2D eigenvalue weighted by molar-refractivity contribution is 9.15. The third-order valence-corrected chi connectivity index (χ3v) is 2.65. The van der Waals surface area contributed by atoms with Gasteiger partial charge in [0.15, 0.2) is 5.78 Å². The van der Waals surface area contributed by atoms with E-state index in [1.165, 1.54) is 0 Å². The first-order chi connectivity index (χ1) is 5.68. The van der Waals surface area contributed by atoms with Crippen molar-refractivity contribution in [3.8, 4) is 0 Å². The van der Waals surface area contributed by atoms with Crippen molar-refractivity contribution < 1.29 is 4.79 Å². The third kappa shape index (κ3) is 1.11. The number of hydrogen-bond donors (Lipinski definition) is 0. The maximum absolute atomic E-state index is 11.2. The molecule has 60 valence electrons. The minimum Gasteiger partial charge on any atom is -0.289 e. The Kier molecular flexibility index (Phi) is 1.81. The van der Waals surface area contributed by atoms with Gasteiger partial charge in [0.05, 0.1) is 0 Å². The molecule has 0 spiro atoms. The molecule has 1 aromatic carbocycles. The van der Waals surface area contributed by atoms with Crippen molar-refractivity contribution in [2.75, 3.05) is 0 Å². The number of halogens is 2. The highest BCUT2D eigenvalue weighted by atomic mass is 79.9. The lowest BCUT2D eigenvalue weighted by Gasteiger charge is -1.98. The molecule has 12 heavy (non-hydrogen) atoms. The van der Waals surface area contributed by atoms with E-state index in [9.17, 15) is 4.79 Å². The Balaban J connectivity index is 2.69. The maximum Gasteiger partial charge on any atom is 0.187 e. The minimum atomic E-state index is 0.0357. The first-order valence-corrected chi connectivity index (χ1v) is 4.57. The highest BCUT2D eigenvalue weighted by Gasteiger charge is 2.18. The Morgan fingerprint density at radius 1 is 1.25 bits per heavy atom. The van der Waals surface area contributed by atoms with Gasteiger partial charge in [-0.25, -0.2) is 0 Å². The van der Waals surface area contributed by atoms with E-state index in [1.807, 2.05) is 0 Å². The van der Waals surface area contributed by atoms with Gasteiger partial charge in [0, 0.05) is 26.7 Å². The first kappa shape index (κ1) is 8.02. The Morgan fingerprint density at radius 3 is 2.75 bits per heavy atom. The van der Waals surface area contributed by atoms with Gasteiger partial charge in [-0.2, -0.15) is 0 Å². The lowest BCUT2D eigenvalue weighted by molar-refractivity contribution is 0.105. The molecule has 1 aliphatic carbocycles. The Labute approximate surface area is 83.2 Å². The van der Waals surface area contributed by atoms with Gasteiger partial charge in [0.2, 0.25) is 0 Å². The average Bonchev–Trinajstić information content (AvgIpc) is 2.28. The van der Waals surface area contributed by atoms with Gasteiger partial charge < -0.3 is 0 Å². The number of carbonyl (C=O) groups is 1. The van der Waals surface area contributed by atoms with Crippen LogP contribution in [0.15, 0.2) is 24.3 Å². The number of hydrogen-bond acceptors (Lipinski definition) is 1. The van der Waals surface area contributed by atoms with Crippen molar-refractivity contribution in [2.45, 2.75) is 0 Å². The summed E-state index contributed by atoms with van der Waals surface area (Å²) in [6.45, 7) is 0. The van der Waals surface area contributed by atoms with E-state index in [1.54, 1.807) is 24.3 Å². The molecule has 0 aromatic heterocycles. The predicted molar refractivity (Wildman–Crippen MR) is 52.7 cm³/mol. The minimum absolute atomic E-state index is 0.0357. The third-order valence-electron chi connectivity index (χ3n) is 1.76. The molecule has 0 atom stereocenters. The smallest absolute Gasteiger partial charge is 0.187 e. The molecule has 0 fully saturated rings. The Hall–Kier alpha value is -0.600. The zero-order valence-corrected chi connectivity index (χ0v) is 8.32. The second-order valence-electron chi connectivity index (χ2n) is 2.55. The van der Waals surface area contributed by atoms with Crippen LogP contribution in [-0.2, 0) is 0 Å². The summed E-state index contributed by atoms with van der Waals surface area (Å²) in [4.78, 5) is 11.2. The molecule has 0 aliphatic heterocycles. The van der Waals surface area contributed by atoms with Crippen LogP contribution in [0.3, 0.4) is 0 Å². The Morgan fingerprint density at radius 2 is 2.00 bits per heavy atom. The Bertz CT molecular complexity index is 396. The number of ketones is 1. The van der Waals surface area contributed by atoms with E-state index >= 15 is 0 Å².